The monoisotopic (exact) mass is 405 g/mol. The molecule has 2 aromatic carbocycles. The number of nitrogens with one attached hydrogen (secondary N) is 2. The van der Waals surface area contributed by atoms with E-state index in [1.165, 1.54) is 0 Å². The van der Waals surface area contributed by atoms with E-state index in [-0.39, 0.29) is 17.9 Å². The number of methoxy groups -OCH3 is 1. The van der Waals surface area contributed by atoms with E-state index >= 15 is 0 Å². The highest BCUT2D eigenvalue weighted by atomic mass is 16.5. The predicted molar refractivity (Wildman–Crippen MR) is 118 cm³/mol. The highest BCUT2D eigenvalue weighted by molar-refractivity contribution is 5.83. The molecule has 0 aliphatic carbocycles. The molecule has 0 bridgehead atoms. The number of rotatable bonds is 5. The average molecular weight is 405 g/mol. The number of aryl methyl sites for hydroxylation is 2. The summed E-state index contributed by atoms with van der Waals surface area (Å²) in [6, 6.07) is 11.7. The average Bonchev–Trinajstić information content (AvgIpc) is 2.74. The molecule has 0 unspecified atom stereocenters. The summed E-state index contributed by atoms with van der Waals surface area (Å²) in [6.07, 6.45) is 0.733. The van der Waals surface area contributed by atoms with Crippen molar-refractivity contribution in [3.8, 4) is 5.75 Å². The Kier molecular flexibility index (Phi) is 5.59. The summed E-state index contributed by atoms with van der Waals surface area (Å²) in [5, 5.41) is 3.69. The van der Waals surface area contributed by atoms with Crippen molar-refractivity contribution < 1.29 is 9.53 Å². The van der Waals surface area contributed by atoms with E-state index in [0.717, 1.165) is 57.6 Å². The number of hydrogen-bond acceptors (Lipinski definition) is 4. The maximum Gasteiger partial charge on any atom is 0.234 e. The number of amides is 1. The molecule has 30 heavy (non-hydrogen) atoms. The standard InChI is InChI=1S/C24H27N3O3/c1-15-9-16(2)23-19(10-15)24(29)20-13-27(8-7-21(20)26-23)14-22(28)25-12-17-5-4-6-18(11-17)30-3/h4-6,9-11H,7-8,12-14H2,1-3H3,(H,25,28)(H,26,29). The molecule has 0 spiro atoms. The lowest BCUT2D eigenvalue weighted by Gasteiger charge is -2.28. The zero-order valence-corrected chi connectivity index (χ0v) is 17.7. The number of H-pyrrole nitrogens is 1. The van der Waals surface area contributed by atoms with Crippen molar-refractivity contribution in [1.29, 1.82) is 0 Å². The van der Waals surface area contributed by atoms with Crippen molar-refractivity contribution in [3.05, 3.63) is 74.6 Å². The highest BCUT2D eigenvalue weighted by Crippen LogP contribution is 2.21. The van der Waals surface area contributed by atoms with Crippen molar-refractivity contribution in [1.82, 2.24) is 15.2 Å². The smallest absolute Gasteiger partial charge is 0.234 e. The van der Waals surface area contributed by atoms with Crippen molar-refractivity contribution in [3.63, 3.8) is 0 Å². The molecule has 1 aliphatic heterocycles. The Hall–Kier alpha value is -3.12. The van der Waals surface area contributed by atoms with Crippen molar-refractivity contribution in [2.24, 2.45) is 0 Å². The van der Waals surface area contributed by atoms with Crippen LogP contribution in [-0.2, 0) is 24.3 Å². The van der Waals surface area contributed by atoms with Gasteiger partial charge in [-0.3, -0.25) is 14.5 Å². The van der Waals surface area contributed by atoms with Crippen LogP contribution in [0, 0.1) is 13.8 Å². The maximum atomic E-state index is 13.1. The number of carbonyl (C=O) groups is 1. The van der Waals surface area contributed by atoms with Crippen molar-refractivity contribution in [2.45, 2.75) is 33.4 Å². The van der Waals surface area contributed by atoms with Gasteiger partial charge in [0, 0.05) is 42.7 Å². The van der Waals surface area contributed by atoms with Crippen LogP contribution in [0.1, 0.15) is 27.9 Å². The van der Waals surface area contributed by atoms with Gasteiger partial charge in [-0.1, -0.05) is 18.2 Å². The molecule has 0 saturated carbocycles. The first-order chi connectivity index (χ1) is 14.4. The summed E-state index contributed by atoms with van der Waals surface area (Å²) in [7, 11) is 1.62. The predicted octanol–water partition coefficient (Wildman–Crippen LogP) is 2.83. The van der Waals surface area contributed by atoms with E-state index in [4.69, 9.17) is 4.74 Å². The van der Waals surface area contributed by atoms with Gasteiger partial charge in [0.1, 0.15) is 5.75 Å². The minimum absolute atomic E-state index is 0.0508. The maximum absolute atomic E-state index is 13.1. The molecule has 0 radical (unpaired) electrons. The minimum Gasteiger partial charge on any atom is -0.497 e. The molecule has 1 aliphatic rings. The fourth-order valence-corrected chi connectivity index (χ4v) is 4.17. The van der Waals surface area contributed by atoms with Crippen LogP contribution < -0.4 is 15.5 Å². The van der Waals surface area contributed by atoms with Gasteiger partial charge in [0.2, 0.25) is 5.91 Å². The number of ether oxygens (including phenoxy) is 1. The van der Waals surface area contributed by atoms with Crippen LogP contribution in [0.3, 0.4) is 0 Å². The molecule has 0 atom stereocenters. The summed E-state index contributed by atoms with van der Waals surface area (Å²) < 4.78 is 5.22. The van der Waals surface area contributed by atoms with Crippen molar-refractivity contribution >= 4 is 16.8 Å². The topological polar surface area (TPSA) is 74.4 Å². The van der Waals surface area contributed by atoms with Gasteiger partial charge in [-0.25, -0.2) is 0 Å². The molecule has 6 nitrogen and oxygen atoms in total. The van der Waals surface area contributed by atoms with Gasteiger partial charge in [-0.15, -0.1) is 0 Å². The first kappa shape index (κ1) is 20.2. The van der Waals surface area contributed by atoms with E-state index < -0.39 is 0 Å². The number of aromatic amines is 1. The third kappa shape index (κ3) is 4.09. The second kappa shape index (κ2) is 8.32. The second-order valence-corrected chi connectivity index (χ2v) is 8.00. The quantitative estimate of drug-likeness (QED) is 0.685. The number of aromatic nitrogens is 1. The third-order valence-electron chi connectivity index (χ3n) is 5.69. The van der Waals surface area contributed by atoms with Gasteiger partial charge in [0.05, 0.1) is 19.2 Å². The zero-order chi connectivity index (χ0) is 21.3. The Bertz CT molecular complexity index is 1170. The van der Waals surface area contributed by atoms with Crippen molar-refractivity contribution in [2.75, 3.05) is 20.2 Å². The fourth-order valence-electron chi connectivity index (χ4n) is 4.17. The number of pyridine rings is 1. The first-order valence-corrected chi connectivity index (χ1v) is 10.2. The van der Waals surface area contributed by atoms with Crippen LogP contribution in [0.25, 0.3) is 10.9 Å². The lowest BCUT2D eigenvalue weighted by atomic mass is 9.99. The SMILES string of the molecule is COc1cccc(CNC(=O)CN2CCc3[nH]c4c(C)cc(C)cc4c(=O)c3C2)c1. The summed E-state index contributed by atoms with van der Waals surface area (Å²) >= 11 is 0. The van der Waals surface area contributed by atoms with Crippen LogP contribution in [0.5, 0.6) is 5.75 Å². The van der Waals surface area contributed by atoms with Gasteiger partial charge in [-0.05, 0) is 48.7 Å². The van der Waals surface area contributed by atoms with Crippen LogP contribution >= 0.6 is 0 Å². The summed E-state index contributed by atoms with van der Waals surface area (Å²) in [6.45, 7) is 5.98. The molecule has 1 amide bonds. The molecule has 0 fully saturated rings. The highest BCUT2D eigenvalue weighted by Gasteiger charge is 2.23. The van der Waals surface area contributed by atoms with Gasteiger partial charge in [0.15, 0.2) is 5.43 Å². The number of benzene rings is 2. The van der Waals surface area contributed by atoms with E-state index in [0.29, 0.717) is 13.1 Å². The molecule has 2 heterocycles. The summed E-state index contributed by atoms with van der Waals surface area (Å²) in [5.41, 5.74) is 5.92. The Morgan fingerprint density at radius 1 is 1.23 bits per heavy atom. The Balaban J connectivity index is 1.45. The van der Waals surface area contributed by atoms with E-state index in [9.17, 15) is 9.59 Å². The molecule has 1 aromatic heterocycles. The van der Waals surface area contributed by atoms with Gasteiger partial charge in [-0.2, -0.15) is 0 Å². The number of carbonyl (C=O) groups excluding carboxylic acids is 1. The van der Waals surface area contributed by atoms with E-state index in [2.05, 4.69) is 16.4 Å². The second-order valence-electron chi connectivity index (χ2n) is 8.00. The van der Waals surface area contributed by atoms with Crippen LogP contribution in [-0.4, -0.2) is 36.0 Å². The van der Waals surface area contributed by atoms with E-state index in [1.54, 1.807) is 7.11 Å². The van der Waals surface area contributed by atoms with Gasteiger partial charge < -0.3 is 15.0 Å². The summed E-state index contributed by atoms with van der Waals surface area (Å²) in [4.78, 5) is 31.1. The molecule has 6 heteroatoms. The molecule has 2 N–H and O–H groups in total. The number of nitrogens with zero attached hydrogens (tertiary/aromatic N) is 1. The zero-order valence-electron chi connectivity index (χ0n) is 17.7. The molecule has 156 valence electrons. The largest absolute Gasteiger partial charge is 0.497 e. The summed E-state index contributed by atoms with van der Waals surface area (Å²) in [5.74, 6) is 0.719. The van der Waals surface area contributed by atoms with Gasteiger partial charge >= 0.3 is 0 Å². The normalized spacial score (nSPS) is 13.8. The molecule has 4 rings (SSSR count). The fraction of sp³-hybridized carbons (Fsp3) is 0.333. The molecule has 0 saturated heterocycles. The van der Waals surface area contributed by atoms with Crippen LogP contribution in [0.4, 0.5) is 0 Å². The lowest BCUT2D eigenvalue weighted by molar-refractivity contribution is -0.122. The molecular weight excluding hydrogens is 378 g/mol. The first-order valence-electron chi connectivity index (χ1n) is 10.2. The molecule has 3 aromatic rings. The lowest BCUT2D eigenvalue weighted by Crippen LogP contribution is -2.41. The van der Waals surface area contributed by atoms with Gasteiger partial charge in [0.25, 0.3) is 0 Å². The Morgan fingerprint density at radius 2 is 2.07 bits per heavy atom. The number of fused-ring (bicyclic) bond motifs is 2. The minimum atomic E-state index is -0.0508. The number of hydrogen-bond donors (Lipinski definition) is 2. The van der Waals surface area contributed by atoms with E-state index in [1.807, 2.05) is 49.1 Å². The van der Waals surface area contributed by atoms with Crippen LogP contribution in [0.15, 0.2) is 41.2 Å². The molecular formula is C24H27N3O3. The Labute approximate surface area is 175 Å². The van der Waals surface area contributed by atoms with Crippen LogP contribution in [0.2, 0.25) is 0 Å². The Morgan fingerprint density at radius 3 is 2.87 bits per heavy atom. The third-order valence-corrected chi connectivity index (χ3v) is 5.69.